The predicted octanol–water partition coefficient (Wildman–Crippen LogP) is 2.43. The van der Waals surface area contributed by atoms with Gasteiger partial charge in [-0.2, -0.15) is 4.31 Å². The first-order chi connectivity index (χ1) is 16.4. The number of ether oxygens (including phenoxy) is 3. The molecule has 0 unspecified atom stereocenters. The third-order valence-electron chi connectivity index (χ3n) is 5.89. The molecule has 0 atom stereocenters. The third-order valence-corrected chi connectivity index (χ3v) is 7.78. The van der Waals surface area contributed by atoms with Crippen LogP contribution in [0.3, 0.4) is 0 Å². The Balaban J connectivity index is 1.59. The van der Waals surface area contributed by atoms with Gasteiger partial charge >= 0.3 is 11.9 Å². The van der Waals surface area contributed by atoms with E-state index in [9.17, 15) is 18.0 Å². The molecule has 0 N–H and O–H groups in total. The Hall–Kier alpha value is -2.89. The molecule has 3 heterocycles. The SMILES string of the molecule is COC(=O)c1ccc(COC(=O)c2cc(S(=O)(=O)N3CCOCC3)ccc2N2CCCCC2)o1. The van der Waals surface area contributed by atoms with Crippen molar-refractivity contribution >= 4 is 27.6 Å². The van der Waals surface area contributed by atoms with Gasteiger partial charge in [-0.05, 0) is 49.6 Å². The molecule has 2 aliphatic rings. The number of benzene rings is 1. The van der Waals surface area contributed by atoms with E-state index in [0.717, 1.165) is 32.4 Å². The van der Waals surface area contributed by atoms with Crippen LogP contribution in [0, 0.1) is 0 Å². The summed E-state index contributed by atoms with van der Waals surface area (Å²) >= 11 is 0. The lowest BCUT2D eigenvalue weighted by Gasteiger charge is -2.31. The van der Waals surface area contributed by atoms with Crippen molar-refractivity contribution in [2.75, 3.05) is 51.4 Å². The Morgan fingerprint density at radius 1 is 0.971 bits per heavy atom. The van der Waals surface area contributed by atoms with Crippen molar-refractivity contribution in [1.82, 2.24) is 4.31 Å². The maximum absolute atomic E-state index is 13.2. The standard InChI is InChI=1S/C23H28N2O8S/c1-30-23(27)21-8-5-17(33-21)16-32-22(26)19-15-18(34(28,29)25-11-13-31-14-12-25)6-7-20(19)24-9-3-2-4-10-24/h5-8,15H,2-4,9-14,16H2,1H3. The highest BCUT2D eigenvalue weighted by atomic mass is 32.2. The molecule has 1 aromatic heterocycles. The van der Waals surface area contributed by atoms with E-state index in [4.69, 9.17) is 13.9 Å². The average molecular weight is 493 g/mol. The lowest BCUT2D eigenvalue weighted by atomic mass is 10.1. The van der Waals surface area contributed by atoms with Gasteiger partial charge in [0.1, 0.15) is 12.4 Å². The minimum atomic E-state index is -3.78. The van der Waals surface area contributed by atoms with E-state index < -0.39 is 22.0 Å². The summed E-state index contributed by atoms with van der Waals surface area (Å²) in [6.07, 6.45) is 3.09. The number of hydrogen-bond donors (Lipinski definition) is 0. The summed E-state index contributed by atoms with van der Waals surface area (Å²) in [5.74, 6) is -1.03. The van der Waals surface area contributed by atoms with Gasteiger partial charge in [0.05, 0.1) is 36.5 Å². The van der Waals surface area contributed by atoms with Crippen molar-refractivity contribution in [3.05, 3.63) is 47.4 Å². The minimum absolute atomic E-state index is 0.00107. The molecular weight excluding hydrogens is 464 g/mol. The zero-order valence-electron chi connectivity index (χ0n) is 19.0. The topological polar surface area (TPSA) is 116 Å². The first-order valence-corrected chi connectivity index (χ1v) is 12.6. The van der Waals surface area contributed by atoms with E-state index in [0.29, 0.717) is 18.9 Å². The molecule has 184 valence electrons. The number of sulfonamides is 1. The second-order valence-electron chi connectivity index (χ2n) is 8.08. The predicted molar refractivity (Wildman–Crippen MR) is 121 cm³/mol. The Kier molecular flexibility index (Phi) is 7.54. The van der Waals surface area contributed by atoms with E-state index in [1.54, 1.807) is 12.1 Å². The fourth-order valence-electron chi connectivity index (χ4n) is 4.07. The number of hydrogen-bond acceptors (Lipinski definition) is 9. The van der Waals surface area contributed by atoms with Crippen LogP contribution in [0.2, 0.25) is 0 Å². The summed E-state index contributed by atoms with van der Waals surface area (Å²) in [5, 5.41) is 0. The van der Waals surface area contributed by atoms with Crippen LogP contribution in [0.25, 0.3) is 0 Å². The van der Waals surface area contributed by atoms with Crippen LogP contribution in [0.4, 0.5) is 5.69 Å². The van der Waals surface area contributed by atoms with Gasteiger partial charge in [-0.3, -0.25) is 0 Å². The van der Waals surface area contributed by atoms with Gasteiger partial charge in [-0.25, -0.2) is 18.0 Å². The second-order valence-corrected chi connectivity index (χ2v) is 10.0. The lowest BCUT2D eigenvalue weighted by molar-refractivity contribution is 0.0438. The van der Waals surface area contributed by atoms with E-state index in [2.05, 4.69) is 9.64 Å². The number of methoxy groups -OCH3 is 1. The summed E-state index contributed by atoms with van der Waals surface area (Å²) in [4.78, 5) is 26.8. The van der Waals surface area contributed by atoms with E-state index in [1.807, 2.05) is 0 Å². The molecule has 4 rings (SSSR count). The van der Waals surface area contributed by atoms with Gasteiger partial charge in [-0.1, -0.05) is 0 Å². The quantitative estimate of drug-likeness (QED) is 0.537. The van der Waals surface area contributed by atoms with Gasteiger partial charge in [0.2, 0.25) is 15.8 Å². The van der Waals surface area contributed by atoms with Gasteiger partial charge in [-0.15, -0.1) is 0 Å². The molecule has 0 aliphatic carbocycles. The average Bonchev–Trinajstić information content (AvgIpc) is 3.36. The van der Waals surface area contributed by atoms with Crippen molar-refractivity contribution in [3.63, 3.8) is 0 Å². The van der Waals surface area contributed by atoms with Crippen LogP contribution in [-0.4, -0.2) is 71.2 Å². The van der Waals surface area contributed by atoms with Crippen molar-refractivity contribution in [1.29, 1.82) is 0 Å². The molecule has 2 saturated heterocycles. The van der Waals surface area contributed by atoms with E-state index in [-0.39, 0.29) is 41.7 Å². The Bertz CT molecular complexity index is 1130. The van der Waals surface area contributed by atoms with Crippen LogP contribution in [0.5, 0.6) is 0 Å². The maximum Gasteiger partial charge on any atom is 0.373 e. The monoisotopic (exact) mass is 492 g/mol. The number of anilines is 1. The van der Waals surface area contributed by atoms with Crippen LogP contribution >= 0.6 is 0 Å². The van der Waals surface area contributed by atoms with Crippen molar-refractivity contribution < 1.29 is 36.6 Å². The summed E-state index contributed by atoms with van der Waals surface area (Å²) in [6.45, 7) is 2.52. The molecule has 1 aromatic carbocycles. The Morgan fingerprint density at radius 3 is 2.41 bits per heavy atom. The second kappa shape index (κ2) is 10.6. The maximum atomic E-state index is 13.2. The molecule has 0 spiro atoms. The summed E-state index contributed by atoms with van der Waals surface area (Å²) in [7, 11) is -2.54. The Labute approximate surface area is 198 Å². The third kappa shape index (κ3) is 5.26. The molecule has 2 aliphatic heterocycles. The Morgan fingerprint density at radius 2 is 1.71 bits per heavy atom. The normalized spacial score (nSPS) is 17.4. The number of nitrogens with zero attached hydrogens (tertiary/aromatic N) is 2. The first kappa shape index (κ1) is 24.2. The number of morpholine rings is 1. The van der Waals surface area contributed by atoms with Crippen LogP contribution in [0.1, 0.15) is 45.9 Å². The number of carbonyl (C=O) groups excluding carboxylic acids is 2. The highest BCUT2D eigenvalue weighted by Gasteiger charge is 2.29. The summed E-state index contributed by atoms with van der Waals surface area (Å²) < 4.78 is 48.4. The zero-order valence-corrected chi connectivity index (χ0v) is 19.8. The molecular formula is C23H28N2O8S. The van der Waals surface area contributed by atoms with Crippen molar-refractivity contribution in [2.45, 2.75) is 30.8 Å². The van der Waals surface area contributed by atoms with Gasteiger partial charge in [0, 0.05) is 26.2 Å². The molecule has 2 aromatic rings. The minimum Gasteiger partial charge on any atom is -0.463 e. The molecule has 2 fully saturated rings. The molecule has 0 amide bonds. The zero-order chi connectivity index (χ0) is 24.1. The highest BCUT2D eigenvalue weighted by molar-refractivity contribution is 7.89. The van der Waals surface area contributed by atoms with Gasteiger partial charge in [0.25, 0.3) is 0 Å². The van der Waals surface area contributed by atoms with Crippen molar-refractivity contribution in [3.8, 4) is 0 Å². The first-order valence-electron chi connectivity index (χ1n) is 11.2. The number of rotatable bonds is 7. The number of piperidine rings is 1. The summed E-state index contributed by atoms with van der Waals surface area (Å²) in [5.41, 5.74) is 0.816. The molecule has 0 radical (unpaired) electrons. The van der Waals surface area contributed by atoms with Crippen molar-refractivity contribution in [2.24, 2.45) is 0 Å². The highest BCUT2D eigenvalue weighted by Crippen LogP contribution is 2.29. The van der Waals surface area contributed by atoms with E-state index >= 15 is 0 Å². The smallest absolute Gasteiger partial charge is 0.373 e. The molecule has 0 saturated carbocycles. The largest absolute Gasteiger partial charge is 0.463 e. The van der Waals surface area contributed by atoms with Gasteiger partial charge < -0.3 is 23.5 Å². The molecule has 10 nitrogen and oxygen atoms in total. The number of esters is 2. The van der Waals surface area contributed by atoms with Gasteiger partial charge in [0.15, 0.2) is 0 Å². The number of carbonyl (C=O) groups is 2. The molecule has 11 heteroatoms. The summed E-state index contributed by atoms with van der Waals surface area (Å²) in [6, 6.07) is 7.56. The number of furan rings is 1. The van der Waals surface area contributed by atoms with Crippen LogP contribution in [0.15, 0.2) is 39.6 Å². The lowest BCUT2D eigenvalue weighted by Crippen LogP contribution is -2.40. The fraction of sp³-hybridized carbons (Fsp3) is 0.478. The van der Waals surface area contributed by atoms with Crippen LogP contribution < -0.4 is 4.90 Å². The fourth-order valence-corrected chi connectivity index (χ4v) is 5.50. The van der Waals surface area contributed by atoms with E-state index in [1.165, 1.54) is 29.6 Å². The van der Waals surface area contributed by atoms with Crippen LogP contribution in [-0.2, 0) is 30.8 Å². The molecule has 34 heavy (non-hydrogen) atoms. The molecule has 0 bridgehead atoms.